The van der Waals surface area contributed by atoms with Crippen LogP contribution in [0.4, 0.5) is 0 Å². The molecule has 18 heavy (non-hydrogen) atoms. The number of aryl methyl sites for hydroxylation is 2. The van der Waals surface area contributed by atoms with Crippen molar-refractivity contribution in [2.45, 2.75) is 32.4 Å². The molecule has 0 unspecified atom stereocenters. The summed E-state index contributed by atoms with van der Waals surface area (Å²) in [6.45, 7) is 0.928. The fourth-order valence-electron chi connectivity index (χ4n) is 2.46. The molecule has 1 aromatic heterocycles. The number of ether oxygens (including phenoxy) is 1. The van der Waals surface area contributed by atoms with Crippen LogP contribution in [0, 0.1) is 0 Å². The van der Waals surface area contributed by atoms with E-state index in [1.165, 1.54) is 30.4 Å². The van der Waals surface area contributed by atoms with Gasteiger partial charge in [-0.15, -0.1) is 0 Å². The first-order chi connectivity index (χ1) is 8.86. The molecule has 0 spiro atoms. The molecular weight excluding hydrogens is 226 g/mol. The van der Waals surface area contributed by atoms with Crippen LogP contribution >= 0.6 is 0 Å². The standard InChI is InChI=1S/C15H17NO2/c16-9-13-6-7-17-15(13)10-18-14-5-4-11-2-1-3-12(11)8-14/h4-8H,1-3,9-10,16H2. The van der Waals surface area contributed by atoms with E-state index in [1.54, 1.807) is 6.26 Å². The smallest absolute Gasteiger partial charge is 0.146 e. The average molecular weight is 243 g/mol. The third kappa shape index (κ3) is 2.14. The van der Waals surface area contributed by atoms with Crippen molar-refractivity contribution in [1.29, 1.82) is 0 Å². The van der Waals surface area contributed by atoms with E-state index in [4.69, 9.17) is 14.9 Å². The van der Waals surface area contributed by atoms with E-state index >= 15 is 0 Å². The summed E-state index contributed by atoms with van der Waals surface area (Å²) in [4.78, 5) is 0. The second kappa shape index (κ2) is 4.86. The summed E-state index contributed by atoms with van der Waals surface area (Å²) < 4.78 is 11.1. The van der Waals surface area contributed by atoms with Gasteiger partial charge in [-0.2, -0.15) is 0 Å². The molecule has 3 rings (SSSR count). The van der Waals surface area contributed by atoms with E-state index in [1.807, 2.05) is 12.1 Å². The number of fused-ring (bicyclic) bond motifs is 1. The second-order valence-electron chi connectivity index (χ2n) is 4.65. The van der Waals surface area contributed by atoms with Crippen LogP contribution in [0.2, 0.25) is 0 Å². The number of furan rings is 1. The molecule has 94 valence electrons. The van der Waals surface area contributed by atoms with Crippen molar-refractivity contribution in [2.24, 2.45) is 5.73 Å². The SMILES string of the molecule is NCc1ccoc1COc1ccc2c(c1)CCC2. The van der Waals surface area contributed by atoms with Crippen LogP contribution in [0.25, 0.3) is 0 Å². The van der Waals surface area contributed by atoms with Gasteiger partial charge in [-0.05, 0) is 48.6 Å². The lowest BCUT2D eigenvalue weighted by molar-refractivity contribution is 0.268. The second-order valence-corrected chi connectivity index (χ2v) is 4.65. The van der Waals surface area contributed by atoms with Gasteiger partial charge in [0.1, 0.15) is 18.1 Å². The molecule has 1 aliphatic rings. The van der Waals surface area contributed by atoms with Gasteiger partial charge in [-0.3, -0.25) is 0 Å². The number of hydrogen-bond donors (Lipinski definition) is 1. The Labute approximate surface area is 107 Å². The van der Waals surface area contributed by atoms with Gasteiger partial charge in [0.25, 0.3) is 0 Å². The predicted octanol–water partition coefficient (Wildman–Crippen LogP) is 2.81. The highest BCUT2D eigenvalue weighted by atomic mass is 16.5. The Morgan fingerprint density at radius 1 is 1.17 bits per heavy atom. The van der Waals surface area contributed by atoms with Gasteiger partial charge in [-0.25, -0.2) is 0 Å². The minimum Gasteiger partial charge on any atom is -0.486 e. The van der Waals surface area contributed by atoms with Crippen LogP contribution < -0.4 is 10.5 Å². The van der Waals surface area contributed by atoms with Crippen molar-refractivity contribution in [3.8, 4) is 5.75 Å². The lowest BCUT2D eigenvalue weighted by Crippen LogP contribution is -2.02. The fourth-order valence-corrected chi connectivity index (χ4v) is 2.46. The molecule has 0 fully saturated rings. The van der Waals surface area contributed by atoms with E-state index in [9.17, 15) is 0 Å². The first-order valence-corrected chi connectivity index (χ1v) is 6.37. The summed E-state index contributed by atoms with van der Waals surface area (Å²) in [6, 6.07) is 8.24. The molecule has 0 saturated heterocycles. The number of hydrogen-bond acceptors (Lipinski definition) is 3. The summed E-state index contributed by atoms with van der Waals surface area (Å²) in [5, 5.41) is 0. The Hall–Kier alpha value is -1.74. The van der Waals surface area contributed by atoms with Crippen molar-refractivity contribution < 1.29 is 9.15 Å². The lowest BCUT2D eigenvalue weighted by atomic mass is 10.1. The molecule has 0 aliphatic heterocycles. The van der Waals surface area contributed by atoms with Gasteiger partial charge in [0.05, 0.1) is 6.26 Å². The van der Waals surface area contributed by atoms with E-state index in [-0.39, 0.29) is 0 Å². The Bertz CT molecular complexity index is 545. The molecule has 1 aliphatic carbocycles. The maximum Gasteiger partial charge on any atom is 0.146 e. The minimum absolute atomic E-state index is 0.443. The summed E-state index contributed by atoms with van der Waals surface area (Å²) in [5.74, 6) is 1.73. The third-order valence-corrected chi connectivity index (χ3v) is 3.50. The molecule has 2 N–H and O–H groups in total. The van der Waals surface area contributed by atoms with Gasteiger partial charge < -0.3 is 14.9 Å². The van der Waals surface area contributed by atoms with E-state index < -0.39 is 0 Å². The van der Waals surface area contributed by atoms with Gasteiger partial charge in [0.15, 0.2) is 0 Å². The van der Waals surface area contributed by atoms with Crippen molar-refractivity contribution in [3.63, 3.8) is 0 Å². The molecule has 2 aromatic rings. The quantitative estimate of drug-likeness (QED) is 0.898. The zero-order chi connectivity index (χ0) is 12.4. The molecule has 3 nitrogen and oxygen atoms in total. The van der Waals surface area contributed by atoms with Crippen molar-refractivity contribution in [2.75, 3.05) is 0 Å². The Balaban J connectivity index is 1.70. The summed E-state index contributed by atoms with van der Waals surface area (Å²) in [7, 11) is 0. The highest BCUT2D eigenvalue weighted by Crippen LogP contribution is 2.26. The molecule has 0 saturated carbocycles. The molecule has 1 aromatic carbocycles. The minimum atomic E-state index is 0.443. The molecule has 0 bridgehead atoms. The van der Waals surface area contributed by atoms with Gasteiger partial charge >= 0.3 is 0 Å². The maximum atomic E-state index is 5.77. The molecule has 1 heterocycles. The number of nitrogens with two attached hydrogens (primary N) is 1. The van der Waals surface area contributed by atoms with E-state index in [0.717, 1.165) is 17.1 Å². The number of rotatable bonds is 4. The van der Waals surface area contributed by atoms with Crippen LogP contribution in [0.1, 0.15) is 28.9 Å². The topological polar surface area (TPSA) is 48.4 Å². The van der Waals surface area contributed by atoms with Crippen LogP contribution in [0.5, 0.6) is 5.75 Å². The maximum absolute atomic E-state index is 5.77. The zero-order valence-electron chi connectivity index (χ0n) is 10.3. The third-order valence-electron chi connectivity index (χ3n) is 3.50. The fraction of sp³-hybridized carbons (Fsp3) is 0.333. The molecule has 0 radical (unpaired) electrons. The van der Waals surface area contributed by atoms with Gasteiger partial charge in [-0.1, -0.05) is 6.07 Å². The summed E-state index contributed by atoms with van der Waals surface area (Å²) in [6.07, 6.45) is 5.28. The summed E-state index contributed by atoms with van der Waals surface area (Å²) in [5.41, 5.74) is 9.52. The molecule has 0 atom stereocenters. The predicted molar refractivity (Wildman–Crippen MR) is 69.4 cm³/mol. The monoisotopic (exact) mass is 243 g/mol. The van der Waals surface area contributed by atoms with E-state index in [2.05, 4.69) is 12.1 Å². The molecular formula is C15H17NO2. The van der Waals surface area contributed by atoms with Crippen LogP contribution in [0.3, 0.4) is 0 Å². The normalized spacial score (nSPS) is 13.6. The zero-order valence-corrected chi connectivity index (χ0v) is 10.3. The summed E-state index contributed by atoms with van der Waals surface area (Å²) >= 11 is 0. The van der Waals surface area contributed by atoms with Crippen molar-refractivity contribution in [3.05, 3.63) is 53.0 Å². The average Bonchev–Trinajstić information content (AvgIpc) is 3.04. The van der Waals surface area contributed by atoms with E-state index in [0.29, 0.717) is 13.2 Å². The largest absolute Gasteiger partial charge is 0.486 e. The van der Waals surface area contributed by atoms with Crippen molar-refractivity contribution in [1.82, 2.24) is 0 Å². The van der Waals surface area contributed by atoms with Gasteiger partial charge in [0.2, 0.25) is 0 Å². The molecule has 3 heteroatoms. The molecule has 0 amide bonds. The highest BCUT2D eigenvalue weighted by Gasteiger charge is 2.12. The number of benzene rings is 1. The van der Waals surface area contributed by atoms with Crippen LogP contribution in [-0.4, -0.2) is 0 Å². The first kappa shape index (κ1) is 11.4. The van der Waals surface area contributed by atoms with Gasteiger partial charge in [0, 0.05) is 12.1 Å². The Kier molecular flexibility index (Phi) is 3.07. The Morgan fingerprint density at radius 3 is 2.94 bits per heavy atom. The first-order valence-electron chi connectivity index (χ1n) is 6.37. The van der Waals surface area contributed by atoms with Crippen LogP contribution in [0.15, 0.2) is 34.9 Å². The Morgan fingerprint density at radius 2 is 2.06 bits per heavy atom. The van der Waals surface area contributed by atoms with Crippen molar-refractivity contribution >= 4 is 0 Å². The van der Waals surface area contributed by atoms with Crippen LogP contribution in [-0.2, 0) is 26.0 Å². The lowest BCUT2D eigenvalue weighted by Gasteiger charge is -2.07. The highest BCUT2D eigenvalue weighted by molar-refractivity contribution is 5.38.